The molecule has 0 N–H and O–H groups in total. The Morgan fingerprint density at radius 1 is 1.38 bits per heavy atom. The number of halogens is 1. The molecule has 0 radical (unpaired) electrons. The van der Waals surface area contributed by atoms with Gasteiger partial charge >= 0.3 is 0 Å². The predicted molar refractivity (Wildman–Crippen MR) is 85.3 cm³/mol. The average Bonchev–Trinajstić information content (AvgIpc) is 2.75. The molecule has 7 heteroatoms. The second kappa shape index (κ2) is 7.11. The van der Waals surface area contributed by atoms with Crippen LogP contribution < -0.4 is 0 Å². The van der Waals surface area contributed by atoms with Gasteiger partial charge in [-0.1, -0.05) is 13.3 Å². The highest BCUT2D eigenvalue weighted by Crippen LogP contribution is 2.26. The summed E-state index contributed by atoms with van der Waals surface area (Å²) in [5, 5.41) is 0. The van der Waals surface area contributed by atoms with Crippen LogP contribution in [-0.2, 0) is 20.3 Å². The Bertz CT molecular complexity index is 597. The zero-order valence-corrected chi connectivity index (χ0v) is 14.4. The molecule has 0 saturated carbocycles. The molecule has 1 aromatic heterocycles. The van der Waals surface area contributed by atoms with Gasteiger partial charge in [0.25, 0.3) is 9.05 Å². The van der Waals surface area contributed by atoms with Crippen LogP contribution in [0.3, 0.4) is 0 Å². The summed E-state index contributed by atoms with van der Waals surface area (Å²) in [6.45, 7) is 3.81. The summed E-state index contributed by atoms with van der Waals surface area (Å²) in [4.78, 5) is 15.0. The number of nitrogens with zero attached hydrogens (tertiary/aromatic N) is 1. The first kappa shape index (κ1) is 16.8. The van der Waals surface area contributed by atoms with Crippen molar-refractivity contribution in [2.45, 2.75) is 43.2 Å². The van der Waals surface area contributed by atoms with E-state index in [0.717, 1.165) is 48.1 Å². The van der Waals surface area contributed by atoms with Crippen LogP contribution in [0.2, 0.25) is 0 Å². The minimum atomic E-state index is -3.69. The van der Waals surface area contributed by atoms with Crippen molar-refractivity contribution >= 4 is 37.0 Å². The molecule has 1 aromatic rings. The molecule has 0 aliphatic carbocycles. The van der Waals surface area contributed by atoms with E-state index in [1.807, 2.05) is 4.90 Å². The standard InChI is InChI=1S/C14H20ClNO3S2/c1-2-11-4-3-8-16(9-7-11)13(17)10-12-5-6-14(20-12)21(15,18)19/h5-6,11H,2-4,7-10H2,1H3. The van der Waals surface area contributed by atoms with Gasteiger partial charge in [0.2, 0.25) is 5.91 Å². The number of hydrogen-bond acceptors (Lipinski definition) is 4. The van der Waals surface area contributed by atoms with Crippen LogP contribution in [0.5, 0.6) is 0 Å². The Labute approximate surface area is 134 Å². The minimum absolute atomic E-state index is 0.0760. The summed E-state index contributed by atoms with van der Waals surface area (Å²) in [7, 11) is 1.60. The fourth-order valence-corrected chi connectivity index (χ4v) is 4.78. The van der Waals surface area contributed by atoms with Crippen LogP contribution in [0.1, 0.15) is 37.5 Å². The maximum Gasteiger partial charge on any atom is 0.270 e. The molecule has 1 saturated heterocycles. The van der Waals surface area contributed by atoms with Gasteiger partial charge in [0, 0.05) is 28.6 Å². The minimum Gasteiger partial charge on any atom is -0.342 e. The summed E-state index contributed by atoms with van der Waals surface area (Å²) in [6, 6.07) is 3.13. The van der Waals surface area contributed by atoms with Crippen molar-refractivity contribution in [3.63, 3.8) is 0 Å². The fourth-order valence-electron chi connectivity index (χ4n) is 2.67. The van der Waals surface area contributed by atoms with Crippen molar-refractivity contribution in [2.75, 3.05) is 13.1 Å². The van der Waals surface area contributed by atoms with Gasteiger partial charge in [0.05, 0.1) is 6.42 Å². The highest BCUT2D eigenvalue weighted by Gasteiger charge is 2.21. The van der Waals surface area contributed by atoms with Crippen LogP contribution >= 0.6 is 22.0 Å². The number of carbonyl (C=O) groups is 1. The van der Waals surface area contributed by atoms with Crippen LogP contribution in [-0.4, -0.2) is 32.3 Å². The monoisotopic (exact) mass is 349 g/mol. The maximum atomic E-state index is 12.3. The molecule has 1 aliphatic rings. The highest BCUT2D eigenvalue weighted by atomic mass is 35.7. The number of hydrogen-bond donors (Lipinski definition) is 0. The van der Waals surface area contributed by atoms with E-state index in [1.165, 1.54) is 18.9 Å². The Morgan fingerprint density at radius 3 is 2.76 bits per heavy atom. The van der Waals surface area contributed by atoms with E-state index in [2.05, 4.69) is 6.92 Å². The molecule has 4 nitrogen and oxygen atoms in total. The molecule has 2 rings (SSSR count). The molecule has 21 heavy (non-hydrogen) atoms. The highest BCUT2D eigenvalue weighted by molar-refractivity contribution is 8.15. The van der Waals surface area contributed by atoms with E-state index in [-0.39, 0.29) is 16.5 Å². The zero-order chi connectivity index (χ0) is 15.5. The number of likely N-dealkylation sites (tertiary alicyclic amines) is 1. The molecule has 1 unspecified atom stereocenters. The fraction of sp³-hybridized carbons (Fsp3) is 0.643. The Kier molecular flexibility index (Phi) is 5.68. The lowest BCUT2D eigenvalue weighted by atomic mass is 9.98. The summed E-state index contributed by atoms with van der Waals surface area (Å²) < 4.78 is 22.6. The number of thiophene rings is 1. The first-order valence-corrected chi connectivity index (χ1v) is 10.3. The zero-order valence-electron chi connectivity index (χ0n) is 12.0. The van der Waals surface area contributed by atoms with Gasteiger partial charge in [-0.25, -0.2) is 8.42 Å². The van der Waals surface area contributed by atoms with E-state index in [0.29, 0.717) is 0 Å². The quantitative estimate of drug-likeness (QED) is 0.784. The van der Waals surface area contributed by atoms with Gasteiger partial charge < -0.3 is 4.90 Å². The van der Waals surface area contributed by atoms with Crippen molar-refractivity contribution in [1.29, 1.82) is 0 Å². The second-order valence-corrected chi connectivity index (χ2v) is 9.38. The van der Waals surface area contributed by atoms with Gasteiger partial charge in [-0.3, -0.25) is 4.79 Å². The van der Waals surface area contributed by atoms with Crippen molar-refractivity contribution in [3.05, 3.63) is 17.0 Å². The third kappa shape index (κ3) is 4.69. The molecule has 0 spiro atoms. The molecule has 0 bridgehead atoms. The average molecular weight is 350 g/mol. The van der Waals surface area contributed by atoms with Gasteiger partial charge in [0.1, 0.15) is 4.21 Å². The summed E-state index contributed by atoms with van der Waals surface area (Å²) in [5.41, 5.74) is 0. The smallest absolute Gasteiger partial charge is 0.270 e. The SMILES string of the molecule is CCC1CCCN(C(=O)Cc2ccc(S(=O)(=O)Cl)s2)CC1. The van der Waals surface area contributed by atoms with Crippen LogP contribution in [0.4, 0.5) is 0 Å². The topological polar surface area (TPSA) is 54.5 Å². The van der Waals surface area contributed by atoms with E-state index in [4.69, 9.17) is 10.7 Å². The van der Waals surface area contributed by atoms with Gasteiger partial charge in [0.15, 0.2) is 0 Å². The molecule has 2 heterocycles. The van der Waals surface area contributed by atoms with Crippen LogP contribution in [0.15, 0.2) is 16.3 Å². The lowest BCUT2D eigenvalue weighted by Gasteiger charge is -2.20. The molecule has 1 atom stereocenters. The molecule has 1 amide bonds. The van der Waals surface area contributed by atoms with Crippen molar-refractivity contribution in [1.82, 2.24) is 4.90 Å². The van der Waals surface area contributed by atoms with Gasteiger partial charge in [-0.15, -0.1) is 11.3 Å². The second-order valence-electron chi connectivity index (χ2n) is 5.42. The first-order valence-electron chi connectivity index (χ1n) is 7.21. The molecule has 1 aliphatic heterocycles. The van der Waals surface area contributed by atoms with Gasteiger partial charge in [-0.05, 0) is 37.3 Å². The summed E-state index contributed by atoms with van der Waals surface area (Å²) in [5.74, 6) is 0.796. The van der Waals surface area contributed by atoms with E-state index in [1.54, 1.807) is 6.07 Å². The van der Waals surface area contributed by atoms with Crippen LogP contribution in [0, 0.1) is 5.92 Å². The number of amides is 1. The van der Waals surface area contributed by atoms with Gasteiger partial charge in [-0.2, -0.15) is 0 Å². The molecule has 118 valence electrons. The number of carbonyl (C=O) groups excluding carboxylic acids is 1. The Morgan fingerprint density at radius 2 is 2.14 bits per heavy atom. The van der Waals surface area contributed by atoms with E-state index in [9.17, 15) is 13.2 Å². The van der Waals surface area contributed by atoms with Crippen LogP contribution in [0.25, 0.3) is 0 Å². The van der Waals surface area contributed by atoms with Crippen molar-refractivity contribution < 1.29 is 13.2 Å². The Hall–Kier alpha value is -0.590. The predicted octanol–water partition coefficient (Wildman–Crippen LogP) is 3.26. The lowest BCUT2D eigenvalue weighted by Crippen LogP contribution is -2.33. The molecular formula is C14H20ClNO3S2. The molecule has 1 fully saturated rings. The third-order valence-electron chi connectivity index (χ3n) is 3.98. The van der Waals surface area contributed by atoms with E-state index >= 15 is 0 Å². The molecular weight excluding hydrogens is 330 g/mol. The third-order valence-corrected chi connectivity index (χ3v) is 7.16. The Balaban J connectivity index is 1.96. The first-order chi connectivity index (χ1) is 9.90. The van der Waals surface area contributed by atoms with Crippen molar-refractivity contribution in [3.8, 4) is 0 Å². The number of rotatable bonds is 4. The summed E-state index contributed by atoms with van der Waals surface area (Å²) in [6.07, 6.45) is 4.73. The lowest BCUT2D eigenvalue weighted by molar-refractivity contribution is -0.130. The maximum absolute atomic E-state index is 12.3. The largest absolute Gasteiger partial charge is 0.342 e. The molecule has 0 aromatic carbocycles. The normalized spacial score (nSPS) is 20.3. The van der Waals surface area contributed by atoms with E-state index < -0.39 is 9.05 Å². The van der Waals surface area contributed by atoms with Crippen molar-refractivity contribution in [2.24, 2.45) is 5.92 Å². The summed E-state index contributed by atoms with van der Waals surface area (Å²) >= 11 is 1.08.